The molecule has 1 N–H and O–H groups in total. The highest BCUT2D eigenvalue weighted by Crippen LogP contribution is 2.24. The number of rotatable bonds is 6. The van der Waals surface area contributed by atoms with Gasteiger partial charge >= 0.3 is 0 Å². The van der Waals surface area contributed by atoms with E-state index in [0.29, 0.717) is 12.2 Å². The number of hydrogen-bond acceptors (Lipinski definition) is 3. The summed E-state index contributed by atoms with van der Waals surface area (Å²) in [7, 11) is 0. The van der Waals surface area contributed by atoms with Crippen LogP contribution in [0.3, 0.4) is 0 Å². The third-order valence-electron chi connectivity index (χ3n) is 3.94. The summed E-state index contributed by atoms with van der Waals surface area (Å²) in [5.74, 6) is -0.0933. The van der Waals surface area contributed by atoms with E-state index in [9.17, 15) is 9.18 Å². The van der Waals surface area contributed by atoms with Crippen molar-refractivity contribution in [2.24, 2.45) is 0 Å². The molecule has 0 radical (unpaired) electrons. The van der Waals surface area contributed by atoms with Gasteiger partial charge in [0.2, 0.25) is 5.91 Å². The van der Waals surface area contributed by atoms with Crippen LogP contribution in [0.4, 0.5) is 4.39 Å². The number of halogens is 1. The smallest absolute Gasteiger partial charge is 0.226 e. The molecule has 3 aromatic rings. The van der Waals surface area contributed by atoms with Crippen molar-refractivity contribution in [3.8, 4) is 10.6 Å². The van der Waals surface area contributed by atoms with Crippen molar-refractivity contribution in [3.63, 3.8) is 0 Å². The molecular formula is C20H19FN2OS. The van der Waals surface area contributed by atoms with Gasteiger partial charge in [-0.05, 0) is 23.6 Å². The van der Waals surface area contributed by atoms with E-state index in [4.69, 9.17) is 0 Å². The first-order valence-electron chi connectivity index (χ1n) is 8.14. The molecule has 1 amide bonds. The molecule has 0 saturated heterocycles. The van der Waals surface area contributed by atoms with E-state index in [0.717, 1.165) is 10.6 Å². The van der Waals surface area contributed by atoms with E-state index >= 15 is 0 Å². The fraction of sp³-hybridized carbons (Fsp3) is 0.200. The maximum absolute atomic E-state index is 13.3. The Kier molecular flexibility index (Phi) is 5.56. The van der Waals surface area contributed by atoms with E-state index in [1.165, 1.54) is 29.0 Å². The molecule has 0 bridgehead atoms. The Bertz CT molecular complexity index is 848. The van der Waals surface area contributed by atoms with Gasteiger partial charge in [-0.3, -0.25) is 4.79 Å². The van der Waals surface area contributed by atoms with Crippen molar-refractivity contribution >= 4 is 17.2 Å². The summed E-state index contributed by atoms with van der Waals surface area (Å²) in [6.07, 6.45) is 0.229. The first-order chi connectivity index (χ1) is 12.1. The number of benzene rings is 2. The Morgan fingerprint density at radius 3 is 2.76 bits per heavy atom. The normalized spacial score (nSPS) is 11.9. The van der Waals surface area contributed by atoms with Crippen molar-refractivity contribution in [2.45, 2.75) is 19.3 Å². The summed E-state index contributed by atoms with van der Waals surface area (Å²) in [5.41, 5.74) is 2.63. The van der Waals surface area contributed by atoms with Crippen molar-refractivity contribution in [3.05, 3.63) is 77.1 Å². The maximum Gasteiger partial charge on any atom is 0.226 e. The lowest BCUT2D eigenvalue weighted by atomic mass is 10.0. The fourth-order valence-corrected chi connectivity index (χ4v) is 3.35. The minimum Gasteiger partial charge on any atom is -0.355 e. The highest BCUT2D eigenvalue weighted by Gasteiger charge is 2.11. The van der Waals surface area contributed by atoms with Crippen molar-refractivity contribution < 1.29 is 9.18 Å². The number of amides is 1. The Balaban J connectivity index is 1.55. The van der Waals surface area contributed by atoms with Crippen LogP contribution in [0, 0.1) is 5.82 Å². The number of carbonyl (C=O) groups excluding carboxylic acids is 1. The zero-order valence-electron chi connectivity index (χ0n) is 13.9. The number of hydrogen-bond donors (Lipinski definition) is 1. The lowest BCUT2D eigenvalue weighted by Gasteiger charge is -2.12. The zero-order chi connectivity index (χ0) is 17.6. The number of aromatic nitrogens is 1. The van der Waals surface area contributed by atoms with Crippen LogP contribution in [0.5, 0.6) is 0 Å². The summed E-state index contributed by atoms with van der Waals surface area (Å²) in [6, 6.07) is 16.4. The monoisotopic (exact) mass is 354 g/mol. The molecule has 128 valence electrons. The second kappa shape index (κ2) is 8.03. The van der Waals surface area contributed by atoms with Crippen LogP contribution in [0.2, 0.25) is 0 Å². The minimum absolute atomic E-state index is 0.0566. The van der Waals surface area contributed by atoms with E-state index in [1.807, 2.05) is 29.6 Å². The first kappa shape index (κ1) is 17.3. The van der Waals surface area contributed by atoms with Gasteiger partial charge in [0.25, 0.3) is 0 Å². The minimum atomic E-state index is -0.290. The highest BCUT2D eigenvalue weighted by atomic mass is 32.1. The average Bonchev–Trinajstić information content (AvgIpc) is 3.09. The quantitative estimate of drug-likeness (QED) is 0.712. The van der Waals surface area contributed by atoms with Crippen molar-refractivity contribution in [2.75, 3.05) is 6.54 Å². The molecule has 3 nitrogen and oxygen atoms in total. The molecule has 1 aromatic heterocycles. The van der Waals surface area contributed by atoms with Gasteiger partial charge in [-0.15, -0.1) is 11.3 Å². The Hall–Kier alpha value is -2.53. The molecule has 1 unspecified atom stereocenters. The van der Waals surface area contributed by atoms with Gasteiger partial charge in [0.05, 0.1) is 12.1 Å². The van der Waals surface area contributed by atoms with Gasteiger partial charge in [0.1, 0.15) is 10.8 Å². The van der Waals surface area contributed by atoms with Gasteiger partial charge in [0, 0.05) is 17.5 Å². The van der Waals surface area contributed by atoms with Crippen LogP contribution >= 0.6 is 11.3 Å². The lowest BCUT2D eigenvalue weighted by Crippen LogP contribution is -2.28. The summed E-state index contributed by atoms with van der Waals surface area (Å²) in [4.78, 5) is 16.6. The van der Waals surface area contributed by atoms with Gasteiger partial charge < -0.3 is 5.32 Å². The van der Waals surface area contributed by atoms with Gasteiger partial charge in [0.15, 0.2) is 0 Å². The number of carbonyl (C=O) groups is 1. The molecule has 3 rings (SSSR count). The molecule has 0 aliphatic carbocycles. The first-order valence-corrected chi connectivity index (χ1v) is 9.02. The molecule has 0 fully saturated rings. The standard InChI is InChI=1S/C20H19FN2OS/c1-14(15-6-3-2-4-7-15)12-22-19(24)11-18-13-25-20(23-18)16-8-5-9-17(21)10-16/h2-10,13-14H,11-12H2,1H3,(H,22,24). The van der Waals surface area contributed by atoms with E-state index < -0.39 is 0 Å². The summed E-state index contributed by atoms with van der Waals surface area (Å²) < 4.78 is 13.3. The molecule has 2 aromatic carbocycles. The predicted molar refractivity (Wildman–Crippen MR) is 99.1 cm³/mol. The summed E-state index contributed by atoms with van der Waals surface area (Å²) in [6.45, 7) is 2.67. The number of nitrogens with one attached hydrogen (secondary N) is 1. The molecule has 0 aliphatic rings. The van der Waals surface area contributed by atoms with Crippen molar-refractivity contribution in [1.82, 2.24) is 10.3 Å². The molecule has 0 spiro atoms. The van der Waals surface area contributed by atoms with Gasteiger partial charge in [-0.1, -0.05) is 49.4 Å². The summed E-state index contributed by atoms with van der Waals surface area (Å²) in [5, 5.41) is 5.52. The Morgan fingerprint density at radius 1 is 1.20 bits per heavy atom. The topological polar surface area (TPSA) is 42.0 Å². The third kappa shape index (κ3) is 4.73. The highest BCUT2D eigenvalue weighted by molar-refractivity contribution is 7.13. The van der Waals surface area contributed by atoms with Crippen LogP contribution in [0.25, 0.3) is 10.6 Å². The van der Waals surface area contributed by atoms with Gasteiger partial charge in [-0.25, -0.2) is 9.37 Å². The lowest BCUT2D eigenvalue weighted by molar-refractivity contribution is -0.120. The number of nitrogens with zero attached hydrogens (tertiary/aromatic N) is 1. The number of thiazole rings is 1. The Morgan fingerprint density at radius 2 is 2.00 bits per heavy atom. The molecular weight excluding hydrogens is 335 g/mol. The van der Waals surface area contributed by atoms with E-state index in [1.54, 1.807) is 6.07 Å². The second-order valence-electron chi connectivity index (χ2n) is 5.95. The molecule has 0 saturated carbocycles. The van der Waals surface area contributed by atoms with Gasteiger partial charge in [-0.2, -0.15) is 0 Å². The predicted octanol–water partition coefficient (Wildman–Crippen LogP) is 4.41. The third-order valence-corrected chi connectivity index (χ3v) is 4.88. The van der Waals surface area contributed by atoms with Crippen LogP contribution in [-0.2, 0) is 11.2 Å². The molecule has 0 aliphatic heterocycles. The zero-order valence-corrected chi connectivity index (χ0v) is 14.7. The Labute approximate surface area is 150 Å². The van der Waals surface area contributed by atoms with Crippen LogP contribution in [0.15, 0.2) is 60.0 Å². The summed E-state index contributed by atoms with van der Waals surface area (Å²) >= 11 is 1.42. The fourth-order valence-electron chi connectivity index (χ4n) is 2.54. The van der Waals surface area contributed by atoms with Crippen molar-refractivity contribution in [1.29, 1.82) is 0 Å². The largest absolute Gasteiger partial charge is 0.355 e. The van der Waals surface area contributed by atoms with Crippen LogP contribution in [-0.4, -0.2) is 17.4 Å². The van der Waals surface area contributed by atoms with Crippen LogP contribution < -0.4 is 5.32 Å². The maximum atomic E-state index is 13.3. The molecule has 1 heterocycles. The molecule has 5 heteroatoms. The van der Waals surface area contributed by atoms with Crippen LogP contribution in [0.1, 0.15) is 24.1 Å². The second-order valence-corrected chi connectivity index (χ2v) is 6.81. The molecule has 1 atom stereocenters. The van der Waals surface area contributed by atoms with E-state index in [2.05, 4.69) is 29.4 Å². The van der Waals surface area contributed by atoms with E-state index in [-0.39, 0.29) is 24.1 Å². The SMILES string of the molecule is CC(CNC(=O)Cc1csc(-c2cccc(F)c2)n1)c1ccccc1. The molecule has 25 heavy (non-hydrogen) atoms. The average molecular weight is 354 g/mol.